The number of amides is 3. The van der Waals surface area contributed by atoms with Crippen LogP contribution in [0, 0.1) is 0 Å². The third-order valence-corrected chi connectivity index (χ3v) is 6.24. The molecule has 3 N–H and O–H groups in total. The highest BCUT2D eigenvalue weighted by Gasteiger charge is 2.24. The number of nitrogens with zero attached hydrogens (tertiary/aromatic N) is 4. The normalized spacial score (nSPS) is 14.2. The predicted octanol–water partition coefficient (Wildman–Crippen LogP) is 2.74. The molecule has 1 aliphatic rings. The van der Waals surface area contributed by atoms with Gasteiger partial charge in [-0.1, -0.05) is 30.0 Å². The first-order chi connectivity index (χ1) is 14.1. The van der Waals surface area contributed by atoms with E-state index in [1.807, 2.05) is 41.8 Å². The van der Waals surface area contributed by atoms with E-state index in [4.69, 9.17) is 5.73 Å². The molecule has 29 heavy (non-hydrogen) atoms. The van der Waals surface area contributed by atoms with Crippen LogP contribution in [-0.4, -0.2) is 63.6 Å². The van der Waals surface area contributed by atoms with Crippen LogP contribution in [0.1, 0.15) is 0 Å². The van der Waals surface area contributed by atoms with Gasteiger partial charge in [0.1, 0.15) is 10.6 Å². The van der Waals surface area contributed by atoms with Crippen molar-refractivity contribution in [1.29, 1.82) is 0 Å². The summed E-state index contributed by atoms with van der Waals surface area (Å²) in [4.78, 5) is 37.9. The highest BCUT2D eigenvalue weighted by Crippen LogP contribution is 2.26. The van der Waals surface area contributed by atoms with Crippen molar-refractivity contribution in [1.82, 2.24) is 19.8 Å². The lowest BCUT2D eigenvalue weighted by atomic mass is 10.3. The van der Waals surface area contributed by atoms with E-state index in [-0.39, 0.29) is 17.7 Å². The standard InChI is InChI=1S/C19H20N6O2S2/c20-16-14-6-11-28-17(14)23-18(22-16)29-12-15(26)24-7-9-25(10-8-24)19(27)21-13-4-2-1-3-5-13/h1-6,11H,7-10,12H2,(H,21,27)(H2,20,22,23). The summed E-state index contributed by atoms with van der Waals surface area (Å²) < 4.78 is 0. The van der Waals surface area contributed by atoms with Crippen LogP contribution in [0.4, 0.5) is 16.3 Å². The van der Waals surface area contributed by atoms with Gasteiger partial charge in [0.25, 0.3) is 0 Å². The fourth-order valence-electron chi connectivity index (χ4n) is 3.02. The number of thiophene rings is 1. The fraction of sp³-hybridized carbons (Fsp3) is 0.263. The van der Waals surface area contributed by atoms with Crippen molar-refractivity contribution in [2.75, 3.05) is 43.0 Å². The molecule has 3 heterocycles. The minimum Gasteiger partial charge on any atom is -0.383 e. The summed E-state index contributed by atoms with van der Waals surface area (Å²) in [7, 11) is 0. The van der Waals surface area contributed by atoms with Crippen LogP contribution in [-0.2, 0) is 4.79 Å². The van der Waals surface area contributed by atoms with Crippen molar-refractivity contribution in [2.45, 2.75) is 5.16 Å². The number of fused-ring (bicyclic) bond motifs is 1. The minimum absolute atomic E-state index is 0.00608. The third kappa shape index (κ3) is 4.60. The molecule has 0 saturated carbocycles. The summed E-state index contributed by atoms with van der Waals surface area (Å²) >= 11 is 2.78. The fourth-order valence-corrected chi connectivity index (χ4v) is 4.61. The second kappa shape index (κ2) is 8.66. The molecule has 1 aromatic carbocycles. The van der Waals surface area contributed by atoms with Crippen LogP contribution in [0.3, 0.4) is 0 Å². The Labute approximate surface area is 176 Å². The quantitative estimate of drug-likeness (QED) is 0.489. The maximum Gasteiger partial charge on any atom is 0.321 e. The van der Waals surface area contributed by atoms with Crippen LogP contribution >= 0.6 is 23.1 Å². The van der Waals surface area contributed by atoms with E-state index < -0.39 is 0 Å². The van der Waals surface area contributed by atoms with Crippen LogP contribution in [0.5, 0.6) is 0 Å². The van der Waals surface area contributed by atoms with E-state index in [1.54, 1.807) is 9.80 Å². The van der Waals surface area contributed by atoms with Gasteiger partial charge in [0.05, 0.1) is 11.1 Å². The molecule has 1 fully saturated rings. The highest BCUT2D eigenvalue weighted by atomic mass is 32.2. The molecule has 0 bridgehead atoms. The van der Waals surface area contributed by atoms with Gasteiger partial charge in [0.2, 0.25) is 5.91 Å². The number of aromatic nitrogens is 2. The SMILES string of the molecule is Nc1nc(SCC(=O)N2CCN(C(=O)Nc3ccccc3)CC2)nc2sccc12. The van der Waals surface area contributed by atoms with E-state index in [2.05, 4.69) is 15.3 Å². The van der Waals surface area contributed by atoms with Gasteiger partial charge in [-0.3, -0.25) is 4.79 Å². The summed E-state index contributed by atoms with van der Waals surface area (Å²) in [6.45, 7) is 2.02. The Balaban J connectivity index is 1.27. The number of rotatable bonds is 4. The van der Waals surface area contributed by atoms with Crippen molar-refractivity contribution in [3.8, 4) is 0 Å². The van der Waals surface area contributed by atoms with Crippen molar-refractivity contribution >= 4 is 56.8 Å². The molecule has 1 saturated heterocycles. The van der Waals surface area contributed by atoms with Crippen molar-refractivity contribution in [3.05, 3.63) is 41.8 Å². The summed E-state index contributed by atoms with van der Waals surface area (Å²) in [5, 5.41) is 6.14. The molecule has 3 amide bonds. The maximum absolute atomic E-state index is 12.5. The van der Waals surface area contributed by atoms with Crippen LogP contribution in [0.25, 0.3) is 10.2 Å². The van der Waals surface area contributed by atoms with Gasteiger partial charge >= 0.3 is 6.03 Å². The molecule has 2 aromatic heterocycles. The zero-order chi connectivity index (χ0) is 20.2. The number of hydrogen-bond acceptors (Lipinski definition) is 7. The van der Waals surface area contributed by atoms with Gasteiger partial charge in [0, 0.05) is 31.9 Å². The Kier molecular flexibility index (Phi) is 5.81. The Hall–Kier alpha value is -2.85. The number of para-hydroxylation sites is 1. The molecule has 0 atom stereocenters. The molecule has 4 rings (SSSR count). The Morgan fingerprint density at radius 2 is 1.79 bits per heavy atom. The first kappa shape index (κ1) is 19.5. The van der Waals surface area contributed by atoms with Gasteiger partial charge in [-0.2, -0.15) is 0 Å². The first-order valence-electron chi connectivity index (χ1n) is 9.12. The second-order valence-corrected chi connectivity index (χ2v) is 8.32. The molecule has 150 valence electrons. The topological polar surface area (TPSA) is 104 Å². The number of nitrogens with one attached hydrogen (secondary N) is 1. The number of piperazine rings is 1. The molecule has 0 radical (unpaired) electrons. The average molecular weight is 429 g/mol. The summed E-state index contributed by atoms with van der Waals surface area (Å²) in [6, 6.07) is 11.1. The predicted molar refractivity (Wildman–Crippen MR) is 116 cm³/mol. The zero-order valence-corrected chi connectivity index (χ0v) is 17.2. The molecule has 3 aromatic rings. The van der Waals surface area contributed by atoms with E-state index in [0.717, 1.165) is 15.9 Å². The van der Waals surface area contributed by atoms with Gasteiger partial charge < -0.3 is 20.9 Å². The number of carbonyl (C=O) groups is 2. The van der Waals surface area contributed by atoms with E-state index >= 15 is 0 Å². The monoisotopic (exact) mass is 428 g/mol. The van der Waals surface area contributed by atoms with E-state index in [9.17, 15) is 9.59 Å². The molecular weight excluding hydrogens is 408 g/mol. The number of benzene rings is 1. The average Bonchev–Trinajstić information content (AvgIpc) is 3.22. The van der Waals surface area contributed by atoms with E-state index in [1.165, 1.54) is 23.1 Å². The Bertz CT molecular complexity index is 1020. The molecule has 0 spiro atoms. The number of thioether (sulfide) groups is 1. The molecule has 0 aliphatic carbocycles. The smallest absolute Gasteiger partial charge is 0.321 e. The van der Waals surface area contributed by atoms with Gasteiger partial charge in [-0.25, -0.2) is 14.8 Å². The lowest BCUT2D eigenvalue weighted by molar-refractivity contribution is -0.129. The molecular formula is C19H20N6O2S2. The van der Waals surface area contributed by atoms with Crippen molar-refractivity contribution in [2.24, 2.45) is 0 Å². The summed E-state index contributed by atoms with van der Waals surface area (Å²) in [6.07, 6.45) is 0. The molecule has 1 aliphatic heterocycles. The van der Waals surface area contributed by atoms with Crippen molar-refractivity contribution in [3.63, 3.8) is 0 Å². The van der Waals surface area contributed by atoms with Gasteiger partial charge in [0.15, 0.2) is 5.16 Å². The molecule has 0 unspecified atom stereocenters. The lowest BCUT2D eigenvalue weighted by Gasteiger charge is -2.34. The number of nitrogen functional groups attached to an aromatic ring is 1. The number of anilines is 2. The second-order valence-electron chi connectivity index (χ2n) is 6.48. The Morgan fingerprint density at radius 1 is 1.07 bits per heavy atom. The maximum atomic E-state index is 12.5. The number of nitrogens with two attached hydrogens (primary N) is 1. The van der Waals surface area contributed by atoms with Crippen molar-refractivity contribution < 1.29 is 9.59 Å². The zero-order valence-electron chi connectivity index (χ0n) is 15.6. The number of hydrogen-bond donors (Lipinski definition) is 2. The third-order valence-electron chi connectivity index (χ3n) is 4.60. The number of urea groups is 1. The van der Waals surface area contributed by atoms with Gasteiger partial charge in [-0.15, -0.1) is 11.3 Å². The lowest BCUT2D eigenvalue weighted by Crippen LogP contribution is -2.52. The van der Waals surface area contributed by atoms with Gasteiger partial charge in [-0.05, 0) is 23.6 Å². The minimum atomic E-state index is -0.147. The first-order valence-corrected chi connectivity index (χ1v) is 11.0. The molecule has 8 nitrogen and oxygen atoms in total. The van der Waals surface area contributed by atoms with Crippen LogP contribution in [0.15, 0.2) is 46.9 Å². The number of carbonyl (C=O) groups excluding carboxylic acids is 2. The highest BCUT2D eigenvalue weighted by molar-refractivity contribution is 7.99. The molecule has 10 heteroatoms. The van der Waals surface area contributed by atoms with E-state index in [0.29, 0.717) is 37.2 Å². The largest absolute Gasteiger partial charge is 0.383 e. The Morgan fingerprint density at radius 3 is 2.55 bits per heavy atom. The van der Waals surface area contributed by atoms with Crippen LogP contribution in [0.2, 0.25) is 0 Å². The summed E-state index contributed by atoms with van der Waals surface area (Å²) in [5.41, 5.74) is 6.71. The van der Waals surface area contributed by atoms with Crippen LogP contribution < -0.4 is 11.1 Å². The summed E-state index contributed by atoms with van der Waals surface area (Å²) in [5.74, 6) is 0.683.